The van der Waals surface area contributed by atoms with Crippen molar-refractivity contribution in [2.45, 2.75) is 20.0 Å². The molecule has 1 aliphatic rings. The molecular formula is C25H24N2O5. The Kier molecular flexibility index (Phi) is 6.26. The highest BCUT2D eigenvalue weighted by Crippen LogP contribution is 2.34. The maximum atomic E-state index is 13.0. The number of nitrogens with zero attached hydrogens (tertiary/aromatic N) is 1. The number of hydrogen-bond acceptors (Lipinski definition) is 5. The quantitative estimate of drug-likeness (QED) is 0.615. The van der Waals surface area contributed by atoms with Gasteiger partial charge in [-0.1, -0.05) is 24.3 Å². The van der Waals surface area contributed by atoms with Gasteiger partial charge >= 0.3 is 0 Å². The van der Waals surface area contributed by atoms with Crippen molar-refractivity contribution < 1.29 is 23.8 Å². The second kappa shape index (κ2) is 9.43. The first-order valence-electron chi connectivity index (χ1n) is 10.4. The fourth-order valence-electron chi connectivity index (χ4n) is 3.44. The first-order valence-corrected chi connectivity index (χ1v) is 10.4. The molecular weight excluding hydrogens is 408 g/mol. The van der Waals surface area contributed by atoms with Gasteiger partial charge in [0.25, 0.3) is 5.91 Å². The van der Waals surface area contributed by atoms with E-state index in [-0.39, 0.29) is 18.4 Å². The third-order valence-electron chi connectivity index (χ3n) is 4.95. The Labute approximate surface area is 186 Å². The summed E-state index contributed by atoms with van der Waals surface area (Å²) in [6, 6.07) is 21.6. The minimum absolute atomic E-state index is 0.125. The van der Waals surface area contributed by atoms with Crippen molar-refractivity contribution in [3.63, 3.8) is 0 Å². The minimum atomic E-state index is -0.854. The molecule has 3 aromatic rings. The van der Waals surface area contributed by atoms with Gasteiger partial charge in [0.1, 0.15) is 17.2 Å². The Morgan fingerprint density at radius 3 is 2.44 bits per heavy atom. The van der Waals surface area contributed by atoms with Crippen molar-refractivity contribution in [1.82, 2.24) is 0 Å². The standard InChI is InChI=1S/C25H24N2O5/c1-3-30-18-12-14-19(15-13-18)31-22-10-6-4-8-20(22)26-25(29)24-16-27(17(2)28)21-9-5-7-11-23(21)32-24/h4-15,24H,3,16H2,1-2H3,(H,26,29). The van der Waals surface area contributed by atoms with Crippen LogP contribution < -0.4 is 24.4 Å². The third kappa shape index (κ3) is 4.67. The van der Waals surface area contributed by atoms with Gasteiger partial charge in [-0.05, 0) is 55.5 Å². The van der Waals surface area contributed by atoms with E-state index >= 15 is 0 Å². The molecule has 4 rings (SSSR count). The molecule has 1 aliphatic heterocycles. The normalized spacial score (nSPS) is 14.7. The van der Waals surface area contributed by atoms with Crippen molar-refractivity contribution in [3.8, 4) is 23.0 Å². The summed E-state index contributed by atoms with van der Waals surface area (Å²) in [6.07, 6.45) is -0.854. The van der Waals surface area contributed by atoms with Crippen LogP contribution in [0, 0.1) is 0 Å². The summed E-state index contributed by atoms with van der Waals surface area (Å²) >= 11 is 0. The summed E-state index contributed by atoms with van der Waals surface area (Å²) in [5.74, 6) is 1.83. The lowest BCUT2D eigenvalue weighted by Crippen LogP contribution is -2.48. The van der Waals surface area contributed by atoms with Gasteiger partial charge in [0, 0.05) is 6.92 Å². The van der Waals surface area contributed by atoms with E-state index in [0.717, 1.165) is 5.75 Å². The number of fused-ring (bicyclic) bond motifs is 1. The highest BCUT2D eigenvalue weighted by molar-refractivity contribution is 6.00. The van der Waals surface area contributed by atoms with Crippen LogP contribution in [0.15, 0.2) is 72.8 Å². The zero-order valence-corrected chi connectivity index (χ0v) is 17.9. The molecule has 0 spiro atoms. The van der Waals surface area contributed by atoms with Crippen LogP contribution in [0.4, 0.5) is 11.4 Å². The lowest BCUT2D eigenvalue weighted by Gasteiger charge is -2.33. The van der Waals surface area contributed by atoms with Crippen molar-refractivity contribution >= 4 is 23.2 Å². The molecule has 7 nitrogen and oxygen atoms in total. The fraction of sp³-hybridized carbons (Fsp3) is 0.200. The fourth-order valence-corrected chi connectivity index (χ4v) is 3.44. The highest BCUT2D eigenvalue weighted by atomic mass is 16.5. The number of carbonyl (C=O) groups excluding carboxylic acids is 2. The number of rotatable bonds is 6. The van der Waals surface area contributed by atoms with Crippen LogP contribution in [0.2, 0.25) is 0 Å². The summed E-state index contributed by atoms with van der Waals surface area (Å²) in [5.41, 5.74) is 1.16. The smallest absolute Gasteiger partial charge is 0.267 e. The average molecular weight is 432 g/mol. The van der Waals surface area contributed by atoms with Gasteiger partial charge in [0.05, 0.1) is 24.5 Å². The molecule has 32 heavy (non-hydrogen) atoms. The number of ether oxygens (including phenoxy) is 3. The summed E-state index contributed by atoms with van der Waals surface area (Å²) in [4.78, 5) is 26.7. The highest BCUT2D eigenvalue weighted by Gasteiger charge is 2.32. The Morgan fingerprint density at radius 2 is 1.69 bits per heavy atom. The number of carbonyl (C=O) groups is 2. The van der Waals surface area contributed by atoms with E-state index in [2.05, 4.69) is 5.32 Å². The first-order chi connectivity index (χ1) is 15.5. The molecule has 0 aliphatic carbocycles. The molecule has 0 aromatic heterocycles. The summed E-state index contributed by atoms with van der Waals surface area (Å²) < 4.78 is 17.3. The van der Waals surface area contributed by atoms with E-state index in [4.69, 9.17) is 14.2 Å². The predicted molar refractivity (Wildman–Crippen MR) is 122 cm³/mol. The Balaban J connectivity index is 1.50. The van der Waals surface area contributed by atoms with Gasteiger partial charge in [-0.15, -0.1) is 0 Å². The van der Waals surface area contributed by atoms with E-state index in [1.807, 2.05) is 31.2 Å². The molecule has 0 saturated carbocycles. The van der Waals surface area contributed by atoms with Gasteiger partial charge in [-0.25, -0.2) is 0 Å². The zero-order valence-electron chi connectivity index (χ0n) is 17.9. The predicted octanol–water partition coefficient (Wildman–Crippen LogP) is 4.63. The van der Waals surface area contributed by atoms with Crippen molar-refractivity contribution in [2.24, 2.45) is 0 Å². The monoisotopic (exact) mass is 432 g/mol. The van der Waals surface area contributed by atoms with Crippen LogP contribution in [-0.2, 0) is 9.59 Å². The van der Waals surface area contributed by atoms with Gasteiger partial charge in [-0.3, -0.25) is 9.59 Å². The maximum Gasteiger partial charge on any atom is 0.267 e. The molecule has 164 valence electrons. The summed E-state index contributed by atoms with van der Waals surface area (Å²) in [7, 11) is 0. The van der Waals surface area contributed by atoms with Crippen LogP contribution in [0.5, 0.6) is 23.0 Å². The SMILES string of the molecule is CCOc1ccc(Oc2ccccc2NC(=O)C2CN(C(C)=O)c3ccccc3O2)cc1. The molecule has 0 saturated heterocycles. The van der Waals surface area contributed by atoms with Crippen LogP contribution >= 0.6 is 0 Å². The van der Waals surface area contributed by atoms with Crippen molar-refractivity contribution in [3.05, 3.63) is 72.8 Å². The molecule has 3 aromatic carbocycles. The number of anilines is 2. The summed E-state index contributed by atoms with van der Waals surface area (Å²) in [5, 5.41) is 2.87. The van der Waals surface area contributed by atoms with Crippen molar-refractivity contribution in [1.29, 1.82) is 0 Å². The molecule has 0 bridgehead atoms. The molecule has 0 radical (unpaired) electrons. The molecule has 2 amide bonds. The summed E-state index contributed by atoms with van der Waals surface area (Å²) in [6.45, 7) is 4.11. The van der Waals surface area contributed by atoms with E-state index in [1.165, 1.54) is 6.92 Å². The number of hydrogen-bond donors (Lipinski definition) is 1. The van der Waals surface area contributed by atoms with Gasteiger partial charge in [0.15, 0.2) is 11.9 Å². The zero-order chi connectivity index (χ0) is 22.5. The van der Waals surface area contributed by atoms with Crippen LogP contribution in [-0.4, -0.2) is 31.1 Å². The molecule has 7 heteroatoms. The maximum absolute atomic E-state index is 13.0. The topological polar surface area (TPSA) is 77.1 Å². The largest absolute Gasteiger partial charge is 0.494 e. The average Bonchev–Trinajstić information content (AvgIpc) is 2.81. The Morgan fingerprint density at radius 1 is 1.00 bits per heavy atom. The lowest BCUT2D eigenvalue weighted by atomic mass is 10.1. The second-order valence-electron chi connectivity index (χ2n) is 7.20. The first kappa shape index (κ1) is 21.2. The van der Waals surface area contributed by atoms with Gasteiger partial charge in [0.2, 0.25) is 5.91 Å². The van der Waals surface area contributed by atoms with E-state index in [1.54, 1.807) is 53.4 Å². The number of amides is 2. The van der Waals surface area contributed by atoms with Crippen LogP contribution in [0.25, 0.3) is 0 Å². The Bertz CT molecular complexity index is 1110. The van der Waals surface area contributed by atoms with E-state index in [9.17, 15) is 9.59 Å². The van der Waals surface area contributed by atoms with E-state index in [0.29, 0.717) is 35.2 Å². The van der Waals surface area contributed by atoms with E-state index < -0.39 is 6.10 Å². The lowest BCUT2D eigenvalue weighted by molar-refractivity contribution is -0.123. The molecule has 0 fully saturated rings. The van der Waals surface area contributed by atoms with Crippen molar-refractivity contribution in [2.75, 3.05) is 23.4 Å². The van der Waals surface area contributed by atoms with Gasteiger partial charge in [-0.2, -0.15) is 0 Å². The van der Waals surface area contributed by atoms with Gasteiger partial charge < -0.3 is 24.4 Å². The van der Waals surface area contributed by atoms with Crippen LogP contribution in [0.3, 0.4) is 0 Å². The molecule has 1 N–H and O–H groups in total. The molecule has 1 atom stereocenters. The molecule has 1 heterocycles. The number of para-hydroxylation sites is 4. The number of nitrogens with one attached hydrogen (secondary N) is 1. The third-order valence-corrected chi connectivity index (χ3v) is 4.95. The minimum Gasteiger partial charge on any atom is -0.494 e. The molecule has 1 unspecified atom stereocenters. The Hall–Kier alpha value is -4.00. The number of benzene rings is 3. The second-order valence-corrected chi connectivity index (χ2v) is 7.20. The van der Waals surface area contributed by atoms with Crippen LogP contribution in [0.1, 0.15) is 13.8 Å².